The van der Waals surface area contributed by atoms with E-state index in [-0.39, 0.29) is 25.7 Å². The van der Waals surface area contributed by atoms with Crippen LogP contribution in [0.15, 0.2) is 24.3 Å². The summed E-state index contributed by atoms with van der Waals surface area (Å²) in [5.41, 5.74) is 0. The lowest BCUT2D eigenvalue weighted by Crippen LogP contribution is -2.30. The second kappa shape index (κ2) is 69.0. The first-order valence-corrected chi connectivity index (χ1v) is 41.6. The summed E-state index contributed by atoms with van der Waals surface area (Å²) in [5, 5.41) is 10.6. The Labute approximate surface area is 573 Å². The van der Waals surface area contributed by atoms with Gasteiger partial charge in [0.15, 0.2) is 12.2 Å². The van der Waals surface area contributed by atoms with Gasteiger partial charge in [0.2, 0.25) is 0 Å². The van der Waals surface area contributed by atoms with E-state index < -0.39 is 97.5 Å². The average Bonchev–Trinajstić information content (AvgIpc) is 2.26. The lowest BCUT2D eigenvalue weighted by atomic mass is 10.0. The molecule has 0 radical (unpaired) electrons. The molecule has 0 spiro atoms. The molecule has 5 atom stereocenters. The number of aliphatic hydroxyl groups is 1. The highest BCUT2D eigenvalue weighted by Gasteiger charge is 2.30. The second-order valence-corrected chi connectivity index (χ2v) is 29.2. The lowest BCUT2D eigenvalue weighted by Gasteiger charge is -2.21. The first-order chi connectivity index (χ1) is 45.7. The van der Waals surface area contributed by atoms with Crippen LogP contribution in [0.25, 0.3) is 0 Å². The molecular formula is C75H142O17P2. The summed E-state index contributed by atoms with van der Waals surface area (Å²) < 4.78 is 68.5. The van der Waals surface area contributed by atoms with Crippen molar-refractivity contribution in [2.75, 3.05) is 39.6 Å². The van der Waals surface area contributed by atoms with Crippen molar-refractivity contribution < 1.29 is 80.2 Å². The molecule has 0 saturated heterocycles. The van der Waals surface area contributed by atoms with E-state index in [1.165, 1.54) is 186 Å². The molecule has 554 valence electrons. The van der Waals surface area contributed by atoms with Crippen LogP contribution in [0.4, 0.5) is 0 Å². The van der Waals surface area contributed by atoms with Gasteiger partial charge in [-0.3, -0.25) is 37.3 Å². The van der Waals surface area contributed by atoms with Crippen LogP contribution in [0.3, 0.4) is 0 Å². The number of carbonyl (C=O) groups is 4. The van der Waals surface area contributed by atoms with Crippen LogP contribution < -0.4 is 0 Å². The Morgan fingerprint density at radius 3 is 0.809 bits per heavy atom. The Morgan fingerprint density at radius 1 is 0.298 bits per heavy atom. The number of hydrogen-bond acceptors (Lipinski definition) is 15. The number of phosphoric acid groups is 2. The molecule has 0 saturated carbocycles. The molecule has 0 aliphatic carbocycles. The maximum Gasteiger partial charge on any atom is 0.472 e. The quantitative estimate of drug-likeness (QED) is 0.0169. The van der Waals surface area contributed by atoms with Crippen molar-refractivity contribution in [2.24, 2.45) is 0 Å². The van der Waals surface area contributed by atoms with Gasteiger partial charge in [0.05, 0.1) is 26.4 Å². The first-order valence-electron chi connectivity index (χ1n) is 38.6. The number of esters is 4. The van der Waals surface area contributed by atoms with E-state index in [9.17, 15) is 43.2 Å². The maximum atomic E-state index is 13.1. The molecule has 0 aliphatic heterocycles. The molecule has 0 aliphatic rings. The zero-order valence-electron chi connectivity index (χ0n) is 60.4. The summed E-state index contributed by atoms with van der Waals surface area (Å²) in [6, 6.07) is 0. The van der Waals surface area contributed by atoms with Crippen LogP contribution in [0.2, 0.25) is 0 Å². The van der Waals surface area contributed by atoms with Crippen molar-refractivity contribution in [3.05, 3.63) is 24.3 Å². The Hall–Kier alpha value is -2.46. The SMILES string of the molecule is CCCCC/C=C\C/C=C\CCCCCCCC(=O)O[C@H](COC(=O)CCCCCCCCCCCCCCC)COP(=O)(O)OC[C@@H](O)COP(=O)(O)OC[C@@H](COC(=O)CCCCCCCCCCCCCCC)OC(=O)CCCCCCCCCCCCCCC. The second-order valence-electron chi connectivity index (χ2n) is 26.3. The van der Waals surface area contributed by atoms with Gasteiger partial charge in [0.1, 0.15) is 19.3 Å². The van der Waals surface area contributed by atoms with Crippen LogP contribution in [0, 0.1) is 0 Å². The van der Waals surface area contributed by atoms with Crippen molar-refractivity contribution in [1.82, 2.24) is 0 Å². The number of ether oxygens (including phenoxy) is 4. The van der Waals surface area contributed by atoms with Crippen molar-refractivity contribution in [3.63, 3.8) is 0 Å². The molecule has 0 fully saturated rings. The molecule has 0 amide bonds. The number of allylic oxidation sites excluding steroid dienone is 4. The third-order valence-corrected chi connectivity index (χ3v) is 18.9. The molecule has 2 unspecified atom stereocenters. The van der Waals surface area contributed by atoms with Gasteiger partial charge in [-0.2, -0.15) is 0 Å². The largest absolute Gasteiger partial charge is 0.472 e. The minimum atomic E-state index is -4.96. The number of aliphatic hydroxyl groups excluding tert-OH is 1. The fourth-order valence-electron chi connectivity index (χ4n) is 11.0. The standard InChI is InChI=1S/C75H142O17P2/c1-5-9-13-17-21-25-29-33-34-38-42-46-50-54-58-62-75(80)92-71(66-86-73(78)60-56-52-48-44-40-36-31-27-23-19-15-11-7-3)68-90-94(83,84)88-64-69(76)63-87-93(81,82)89-67-70(91-74(79)61-57-53-49-45-41-37-32-28-24-20-16-12-8-4)65-85-72(77)59-55-51-47-43-39-35-30-26-22-18-14-10-6-2/h21,25,33-34,69-71,76H,5-20,22-24,26-32,35-68H2,1-4H3,(H,81,82)(H,83,84)/b25-21-,34-33-/t69-,70+,71+/m0/s1. The number of unbranched alkanes of at least 4 members (excludes halogenated alkanes) is 44. The van der Waals surface area contributed by atoms with E-state index in [1.807, 2.05) is 0 Å². The van der Waals surface area contributed by atoms with E-state index in [4.69, 9.17) is 37.0 Å². The number of rotatable bonds is 74. The summed E-state index contributed by atoms with van der Waals surface area (Å²) >= 11 is 0. The molecular weight excluding hydrogens is 1230 g/mol. The van der Waals surface area contributed by atoms with Crippen LogP contribution in [-0.2, 0) is 65.4 Å². The van der Waals surface area contributed by atoms with E-state index in [2.05, 4.69) is 52.0 Å². The molecule has 0 aromatic heterocycles. The molecule has 94 heavy (non-hydrogen) atoms. The van der Waals surface area contributed by atoms with Crippen LogP contribution >= 0.6 is 15.6 Å². The number of hydrogen-bond donors (Lipinski definition) is 3. The van der Waals surface area contributed by atoms with Gasteiger partial charge in [0, 0.05) is 25.7 Å². The minimum absolute atomic E-state index is 0.0875. The van der Waals surface area contributed by atoms with Crippen molar-refractivity contribution in [1.29, 1.82) is 0 Å². The third kappa shape index (κ3) is 68.1. The van der Waals surface area contributed by atoms with Gasteiger partial charge in [-0.15, -0.1) is 0 Å². The highest BCUT2D eigenvalue weighted by molar-refractivity contribution is 7.47. The topological polar surface area (TPSA) is 237 Å². The lowest BCUT2D eigenvalue weighted by molar-refractivity contribution is -0.161. The van der Waals surface area contributed by atoms with E-state index in [0.717, 1.165) is 109 Å². The summed E-state index contributed by atoms with van der Waals surface area (Å²) in [5.74, 6) is -2.14. The molecule has 0 heterocycles. The fraction of sp³-hybridized carbons (Fsp3) is 0.893. The van der Waals surface area contributed by atoms with Gasteiger partial charge in [-0.25, -0.2) is 9.13 Å². The molecule has 0 rings (SSSR count). The third-order valence-electron chi connectivity index (χ3n) is 16.9. The molecule has 0 aromatic carbocycles. The summed E-state index contributed by atoms with van der Waals surface area (Å²) in [7, 11) is -9.92. The first kappa shape index (κ1) is 91.5. The Morgan fingerprint density at radius 2 is 0.521 bits per heavy atom. The minimum Gasteiger partial charge on any atom is -0.462 e. The summed E-state index contributed by atoms with van der Waals surface area (Å²) in [6.07, 6.45) is 61.6. The van der Waals surface area contributed by atoms with Gasteiger partial charge in [-0.05, 0) is 57.8 Å². The van der Waals surface area contributed by atoms with Gasteiger partial charge >= 0.3 is 39.5 Å². The number of carbonyl (C=O) groups excluding carboxylic acids is 4. The van der Waals surface area contributed by atoms with Crippen molar-refractivity contribution >= 4 is 39.5 Å². The van der Waals surface area contributed by atoms with Gasteiger partial charge < -0.3 is 33.8 Å². The van der Waals surface area contributed by atoms with Crippen LogP contribution in [-0.4, -0.2) is 96.7 Å². The van der Waals surface area contributed by atoms with Gasteiger partial charge in [-0.1, -0.05) is 315 Å². The summed E-state index contributed by atoms with van der Waals surface area (Å²) in [4.78, 5) is 72.8. The zero-order valence-corrected chi connectivity index (χ0v) is 62.2. The molecule has 17 nitrogen and oxygen atoms in total. The van der Waals surface area contributed by atoms with Crippen LogP contribution in [0.5, 0.6) is 0 Å². The normalized spacial score (nSPS) is 14.1. The fourth-order valence-corrected chi connectivity index (χ4v) is 12.6. The predicted octanol–water partition coefficient (Wildman–Crippen LogP) is 21.8. The maximum absolute atomic E-state index is 13.1. The van der Waals surface area contributed by atoms with Gasteiger partial charge in [0.25, 0.3) is 0 Å². The molecule has 0 aromatic rings. The van der Waals surface area contributed by atoms with E-state index >= 15 is 0 Å². The highest BCUT2D eigenvalue weighted by Crippen LogP contribution is 2.45. The van der Waals surface area contributed by atoms with Crippen molar-refractivity contribution in [2.45, 2.75) is 393 Å². The van der Waals surface area contributed by atoms with E-state index in [1.54, 1.807) is 0 Å². The van der Waals surface area contributed by atoms with Crippen molar-refractivity contribution in [3.8, 4) is 0 Å². The Bertz CT molecular complexity index is 1880. The highest BCUT2D eigenvalue weighted by atomic mass is 31.2. The predicted molar refractivity (Wildman–Crippen MR) is 381 cm³/mol. The smallest absolute Gasteiger partial charge is 0.462 e. The molecule has 0 bridgehead atoms. The van der Waals surface area contributed by atoms with Crippen LogP contribution in [0.1, 0.15) is 374 Å². The van der Waals surface area contributed by atoms with E-state index in [0.29, 0.717) is 25.7 Å². The molecule has 19 heteroatoms. The monoisotopic (exact) mass is 1380 g/mol. The zero-order chi connectivity index (χ0) is 69.0. The average molecular weight is 1380 g/mol. The number of phosphoric ester groups is 2. The molecule has 3 N–H and O–H groups in total. The Balaban J connectivity index is 5.29. The summed E-state index contributed by atoms with van der Waals surface area (Å²) in [6.45, 7) is 4.92. The Kier molecular flexibility index (Phi) is 67.2.